The van der Waals surface area contributed by atoms with Crippen LogP contribution >= 0.6 is 0 Å². The van der Waals surface area contributed by atoms with E-state index in [4.69, 9.17) is 4.74 Å². The Hall–Kier alpha value is -2.83. The van der Waals surface area contributed by atoms with E-state index in [0.29, 0.717) is 11.7 Å². The van der Waals surface area contributed by atoms with Crippen molar-refractivity contribution in [2.45, 2.75) is 44.6 Å². The van der Waals surface area contributed by atoms with Gasteiger partial charge in [0.15, 0.2) is 5.82 Å². The number of rotatable bonds is 6. The molecular weight excluding hydrogens is 332 g/mol. The second-order valence-electron chi connectivity index (χ2n) is 6.76. The molecule has 3 N–H and O–H groups in total. The summed E-state index contributed by atoms with van der Waals surface area (Å²) in [7, 11) is 1.61. The minimum atomic E-state index is -0.297. The zero-order valence-corrected chi connectivity index (χ0v) is 15.2. The number of carbonyl (C=O) groups excluding carboxylic acids is 2. The van der Waals surface area contributed by atoms with Gasteiger partial charge >= 0.3 is 0 Å². The number of carbonyl (C=O) groups is 2. The van der Waals surface area contributed by atoms with Crippen LogP contribution in [-0.4, -0.2) is 35.2 Å². The highest BCUT2D eigenvalue weighted by atomic mass is 16.5. The minimum Gasteiger partial charge on any atom is -0.497 e. The van der Waals surface area contributed by atoms with Gasteiger partial charge in [0.1, 0.15) is 5.75 Å². The van der Waals surface area contributed by atoms with Crippen LogP contribution in [0.15, 0.2) is 30.3 Å². The summed E-state index contributed by atoms with van der Waals surface area (Å²) in [5.74, 6) is 1.21. The molecule has 1 atom stereocenters. The molecular formula is C19H24N4O3. The van der Waals surface area contributed by atoms with Gasteiger partial charge < -0.3 is 15.4 Å². The highest BCUT2D eigenvalue weighted by Crippen LogP contribution is 2.36. The predicted molar refractivity (Wildman–Crippen MR) is 98.2 cm³/mol. The largest absolute Gasteiger partial charge is 0.497 e. The Kier molecular flexibility index (Phi) is 5.25. The zero-order valence-electron chi connectivity index (χ0n) is 15.2. The van der Waals surface area contributed by atoms with Gasteiger partial charge in [0.25, 0.3) is 0 Å². The highest BCUT2D eigenvalue weighted by molar-refractivity contribution is 5.94. The van der Waals surface area contributed by atoms with E-state index >= 15 is 0 Å². The number of benzene rings is 1. The maximum Gasteiger partial charge on any atom is 0.232 e. The van der Waals surface area contributed by atoms with Crippen molar-refractivity contribution in [1.29, 1.82) is 0 Å². The number of ether oxygens (including phenoxy) is 1. The Labute approximate surface area is 152 Å². The van der Waals surface area contributed by atoms with Crippen LogP contribution in [0.3, 0.4) is 0 Å². The van der Waals surface area contributed by atoms with Gasteiger partial charge in [0, 0.05) is 30.6 Å². The van der Waals surface area contributed by atoms with Crippen LogP contribution in [0.1, 0.15) is 49.8 Å². The standard InChI is InChI=1S/C19H24N4O3/c1-11(13-4-6-16(26-3)7-5-13)19(25)21-18-10-17(22-23-18)14-8-15(9-14)20-12(2)24/h4-7,10-11,14-15H,8-9H2,1-3H3,(H,20,24)(H2,21,22,23,25)/t11?,14-,15+. The molecule has 0 saturated heterocycles. The van der Waals surface area contributed by atoms with Gasteiger partial charge in [-0.1, -0.05) is 12.1 Å². The zero-order chi connectivity index (χ0) is 18.7. The molecule has 1 heterocycles. The van der Waals surface area contributed by atoms with Crippen LogP contribution < -0.4 is 15.4 Å². The summed E-state index contributed by atoms with van der Waals surface area (Å²) < 4.78 is 5.14. The second-order valence-corrected chi connectivity index (χ2v) is 6.76. The van der Waals surface area contributed by atoms with Crippen molar-refractivity contribution in [2.75, 3.05) is 12.4 Å². The van der Waals surface area contributed by atoms with Crippen molar-refractivity contribution in [3.05, 3.63) is 41.6 Å². The Morgan fingerprint density at radius 2 is 1.96 bits per heavy atom. The summed E-state index contributed by atoms with van der Waals surface area (Å²) in [4.78, 5) is 23.5. The Morgan fingerprint density at radius 3 is 2.58 bits per heavy atom. The van der Waals surface area contributed by atoms with E-state index in [9.17, 15) is 9.59 Å². The van der Waals surface area contributed by atoms with Crippen molar-refractivity contribution < 1.29 is 14.3 Å². The first-order valence-corrected chi connectivity index (χ1v) is 8.73. The number of hydrogen-bond donors (Lipinski definition) is 3. The fourth-order valence-corrected chi connectivity index (χ4v) is 3.17. The van der Waals surface area contributed by atoms with E-state index in [0.717, 1.165) is 29.8 Å². The number of nitrogens with one attached hydrogen (secondary N) is 3. The Balaban J connectivity index is 1.55. The number of methoxy groups -OCH3 is 1. The fraction of sp³-hybridized carbons (Fsp3) is 0.421. The van der Waals surface area contributed by atoms with Crippen LogP contribution in [0.2, 0.25) is 0 Å². The lowest BCUT2D eigenvalue weighted by Gasteiger charge is -2.34. The number of nitrogens with zero attached hydrogens (tertiary/aromatic N) is 1. The van der Waals surface area contributed by atoms with Crippen LogP contribution in [0, 0.1) is 0 Å². The molecule has 0 radical (unpaired) electrons. The predicted octanol–water partition coefficient (Wildman–Crippen LogP) is 2.54. The smallest absolute Gasteiger partial charge is 0.232 e. The van der Waals surface area contributed by atoms with E-state index in [-0.39, 0.29) is 23.8 Å². The molecule has 1 aliphatic rings. The SMILES string of the molecule is COc1ccc(C(C)C(=O)Nc2cc([C@H]3C[C@@H](NC(C)=O)C3)[nH]n2)cc1. The van der Waals surface area contributed by atoms with Gasteiger partial charge in [0.05, 0.1) is 13.0 Å². The van der Waals surface area contributed by atoms with Crippen molar-refractivity contribution in [2.24, 2.45) is 0 Å². The van der Waals surface area contributed by atoms with Crippen LogP contribution in [-0.2, 0) is 9.59 Å². The molecule has 2 amide bonds. The molecule has 1 fully saturated rings. The molecule has 1 unspecified atom stereocenters. The summed E-state index contributed by atoms with van der Waals surface area (Å²) >= 11 is 0. The van der Waals surface area contributed by atoms with Gasteiger partial charge in [-0.25, -0.2) is 0 Å². The second kappa shape index (κ2) is 7.59. The molecule has 1 saturated carbocycles. The number of hydrogen-bond acceptors (Lipinski definition) is 4. The average Bonchev–Trinajstić information content (AvgIpc) is 3.04. The van der Waals surface area contributed by atoms with E-state index in [2.05, 4.69) is 20.8 Å². The van der Waals surface area contributed by atoms with Gasteiger partial charge in [-0.15, -0.1) is 0 Å². The molecule has 0 aliphatic heterocycles. The first kappa shape index (κ1) is 18.0. The number of aromatic nitrogens is 2. The quantitative estimate of drug-likeness (QED) is 0.741. The molecule has 26 heavy (non-hydrogen) atoms. The third kappa shape index (κ3) is 4.04. The van der Waals surface area contributed by atoms with E-state index in [1.165, 1.54) is 6.92 Å². The summed E-state index contributed by atoms with van der Waals surface area (Å²) in [6, 6.07) is 9.55. The van der Waals surface area contributed by atoms with Gasteiger partial charge in [-0.3, -0.25) is 14.7 Å². The molecule has 1 aromatic heterocycles. The van der Waals surface area contributed by atoms with E-state index in [1.54, 1.807) is 7.11 Å². The van der Waals surface area contributed by atoms with Gasteiger partial charge in [0.2, 0.25) is 11.8 Å². The van der Waals surface area contributed by atoms with Crippen LogP contribution in [0.25, 0.3) is 0 Å². The summed E-state index contributed by atoms with van der Waals surface area (Å²) in [5, 5.41) is 12.9. The first-order valence-electron chi connectivity index (χ1n) is 8.73. The molecule has 138 valence electrons. The number of aromatic amines is 1. The van der Waals surface area contributed by atoms with Gasteiger partial charge in [-0.05, 0) is 37.5 Å². The molecule has 7 heteroatoms. The lowest BCUT2D eigenvalue weighted by molar-refractivity contribution is -0.120. The van der Waals surface area contributed by atoms with Crippen molar-refractivity contribution in [3.63, 3.8) is 0 Å². The fourth-order valence-electron chi connectivity index (χ4n) is 3.17. The molecule has 0 bridgehead atoms. The lowest BCUT2D eigenvalue weighted by atomic mass is 9.78. The molecule has 3 rings (SSSR count). The van der Waals surface area contributed by atoms with Crippen molar-refractivity contribution >= 4 is 17.6 Å². The van der Waals surface area contributed by atoms with E-state index < -0.39 is 0 Å². The van der Waals surface area contributed by atoms with Crippen LogP contribution in [0.5, 0.6) is 5.75 Å². The normalized spacial score (nSPS) is 20.0. The third-order valence-electron chi connectivity index (χ3n) is 4.84. The molecule has 2 aromatic rings. The molecule has 7 nitrogen and oxygen atoms in total. The molecule has 1 aliphatic carbocycles. The Bertz CT molecular complexity index is 778. The third-order valence-corrected chi connectivity index (χ3v) is 4.84. The monoisotopic (exact) mass is 356 g/mol. The van der Waals surface area contributed by atoms with Crippen LogP contribution in [0.4, 0.5) is 5.82 Å². The lowest BCUT2D eigenvalue weighted by Crippen LogP contribution is -2.42. The summed E-state index contributed by atoms with van der Waals surface area (Å²) in [6.45, 7) is 3.38. The first-order chi connectivity index (χ1) is 12.5. The average molecular weight is 356 g/mol. The topological polar surface area (TPSA) is 96.1 Å². The Morgan fingerprint density at radius 1 is 1.27 bits per heavy atom. The molecule has 0 spiro atoms. The maximum atomic E-state index is 12.5. The summed E-state index contributed by atoms with van der Waals surface area (Å²) in [6.07, 6.45) is 1.77. The minimum absolute atomic E-state index is 0.00136. The molecule has 1 aromatic carbocycles. The van der Waals surface area contributed by atoms with Gasteiger partial charge in [-0.2, -0.15) is 5.10 Å². The summed E-state index contributed by atoms with van der Waals surface area (Å²) in [5.41, 5.74) is 1.90. The number of H-pyrrole nitrogens is 1. The number of anilines is 1. The number of amides is 2. The highest BCUT2D eigenvalue weighted by Gasteiger charge is 2.32. The maximum absolute atomic E-state index is 12.5. The van der Waals surface area contributed by atoms with E-state index in [1.807, 2.05) is 37.3 Å². The van der Waals surface area contributed by atoms with Crippen molar-refractivity contribution in [1.82, 2.24) is 15.5 Å². The van der Waals surface area contributed by atoms with Crippen molar-refractivity contribution in [3.8, 4) is 5.75 Å².